The fourth-order valence-corrected chi connectivity index (χ4v) is 5.09. The van der Waals surface area contributed by atoms with Gasteiger partial charge in [0.05, 0.1) is 5.41 Å². The molecule has 0 radical (unpaired) electrons. The van der Waals surface area contributed by atoms with Crippen LogP contribution in [0, 0.1) is 11.3 Å². The number of nitrogens with one attached hydrogen (secondary N) is 1. The fraction of sp³-hybridized carbons (Fsp3) is 0.346. The van der Waals surface area contributed by atoms with Gasteiger partial charge in [-0.2, -0.15) is 0 Å². The Balaban J connectivity index is 1.63. The van der Waals surface area contributed by atoms with Crippen molar-refractivity contribution in [3.8, 4) is 10.4 Å². The fourth-order valence-electron chi connectivity index (χ4n) is 4.30. The topological polar surface area (TPSA) is 62.3 Å². The van der Waals surface area contributed by atoms with Crippen molar-refractivity contribution < 1.29 is 9.59 Å². The van der Waals surface area contributed by atoms with Gasteiger partial charge in [0.15, 0.2) is 0 Å². The van der Waals surface area contributed by atoms with E-state index in [0.29, 0.717) is 44.1 Å². The van der Waals surface area contributed by atoms with Gasteiger partial charge in [-0.1, -0.05) is 50.2 Å². The van der Waals surface area contributed by atoms with Crippen LogP contribution >= 0.6 is 11.3 Å². The zero-order valence-electron chi connectivity index (χ0n) is 18.6. The Labute approximate surface area is 193 Å². The lowest BCUT2D eigenvalue weighted by atomic mass is 9.78. The maximum absolute atomic E-state index is 13.5. The van der Waals surface area contributed by atoms with Crippen LogP contribution < -0.4 is 5.32 Å². The average Bonchev–Trinajstić information content (AvgIpc) is 3.49. The number of pyridine rings is 1. The van der Waals surface area contributed by atoms with Crippen LogP contribution in [-0.4, -0.2) is 41.3 Å². The number of hydrogen-bond donors (Lipinski definition) is 1. The van der Waals surface area contributed by atoms with Crippen molar-refractivity contribution in [3.63, 3.8) is 0 Å². The summed E-state index contributed by atoms with van der Waals surface area (Å²) in [5.74, 6) is 0.279. The molecule has 4 rings (SSSR count). The van der Waals surface area contributed by atoms with Gasteiger partial charge in [0.2, 0.25) is 5.91 Å². The van der Waals surface area contributed by atoms with Crippen molar-refractivity contribution in [3.05, 3.63) is 77.4 Å². The third kappa shape index (κ3) is 4.75. The van der Waals surface area contributed by atoms with Crippen LogP contribution in [0.2, 0.25) is 0 Å². The first-order chi connectivity index (χ1) is 15.5. The number of aromatic nitrogens is 1. The number of rotatable bonds is 7. The molecule has 1 fully saturated rings. The Hall–Kier alpha value is -2.99. The normalized spacial score (nSPS) is 18.2. The second kappa shape index (κ2) is 9.65. The number of hydrogen-bond acceptors (Lipinski definition) is 4. The van der Waals surface area contributed by atoms with Crippen molar-refractivity contribution in [2.75, 3.05) is 19.6 Å². The molecular formula is C26H29N3O2S. The van der Waals surface area contributed by atoms with E-state index in [1.54, 1.807) is 34.6 Å². The molecule has 1 N–H and O–H groups in total. The van der Waals surface area contributed by atoms with Gasteiger partial charge >= 0.3 is 0 Å². The molecule has 1 aromatic carbocycles. The van der Waals surface area contributed by atoms with Gasteiger partial charge in [0.25, 0.3) is 5.91 Å². The smallest absolute Gasteiger partial charge is 0.272 e. The Kier molecular flexibility index (Phi) is 6.70. The molecule has 3 heterocycles. The predicted octanol–water partition coefficient (Wildman–Crippen LogP) is 4.66. The van der Waals surface area contributed by atoms with E-state index >= 15 is 0 Å². The summed E-state index contributed by atoms with van der Waals surface area (Å²) in [6.45, 7) is 5.74. The van der Waals surface area contributed by atoms with Crippen LogP contribution in [0.3, 0.4) is 0 Å². The maximum Gasteiger partial charge on any atom is 0.272 e. The Morgan fingerprint density at radius 3 is 2.66 bits per heavy atom. The van der Waals surface area contributed by atoms with Crippen molar-refractivity contribution in [1.29, 1.82) is 0 Å². The largest absolute Gasteiger partial charge is 0.355 e. The summed E-state index contributed by atoms with van der Waals surface area (Å²) < 4.78 is 0. The Morgan fingerprint density at radius 1 is 1.12 bits per heavy atom. The first kappa shape index (κ1) is 22.2. The van der Waals surface area contributed by atoms with E-state index in [1.165, 1.54) is 4.88 Å². The number of benzene rings is 1. The lowest BCUT2D eigenvalue weighted by molar-refractivity contribution is -0.130. The summed E-state index contributed by atoms with van der Waals surface area (Å²) in [4.78, 5) is 33.8. The maximum atomic E-state index is 13.5. The molecule has 0 saturated carbocycles. The summed E-state index contributed by atoms with van der Waals surface area (Å²) >= 11 is 1.70. The Bertz CT molecular complexity index is 1070. The molecular weight excluding hydrogens is 418 g/mol. The van der Waals surface area contributed by atoms with Crippen LogP contribution in [0.25, 0.3) is 10.4 Å². The molecule has 2 amide bonds. The van der Waals surface area contributed by atoms with Gasteiger partial charge in [0.1, 0.15) is 5.69 Å². The van der Waals surface area contributed by atoms with Crippen LogP contribution in [0.15, 0.2) is 66.2 Å². The van der Waals surface area contributed by atoms with Crippen molar-refractivity contribution in [2.45, 2.75) is 26.7 Å². The molecule has 0 spiro atoms. The molecule has 166 valence electrons. The molecule has 1 aliphatic rings. The highest BCUT2D eigenvalue weighted by atomic mass is 32.1. The highest BCUT2D eigenvalue weighted by molar-refractivity contribution is 7.13. The van der Waals surface area contributed by atoms with E-state index in [-0.39, 0.29) is 11.8 Å². The average molecular weight is 448 g/mol. The van der Waals surface area contributed by atoms with Crippen molar-refractivity contribution in [1.82, 2.24) is 15.2 Å². The minimum atomic E-state index is -0.660. The highest BCUT2D eigenvalue weighted by Crippen LogP contribution is 2.38. The number of thiophene rings is 1. The van der Waals surface area contributed by atoms with Gasteiger partial charge in [0, 0.05) is 30.7 Å². The number of carbonyl (C=O) groups is 2. The first-order valence-electron chi connectivity index (χ1n) is 11.1. The molecule has 6 heteroatoms. The lowest BCUT2D eigenvalue weighted by Gasteiger charge is -2.29. The second-order valence-electron chi connectivity index (χ2n) is 8.89. The standard InChI is InChI=1S/C26H29N3O2S/c1-19(2)17-28-25(31)26(12-14-29(18-26)24(30)22-10-5-6-13-27-22)16-20-8-3-4-9-21(20)23-11-7-15-32-23/h3-11,13,15,19H,12,14,16-18H2,1-2H3,(H,28,31)/t26-/m1/s1. The van der Waals surface area contributed by atoms with Crippen LogP contribution in [0.4, 0.5) is 0 Å². The SMILES string of the molecule is CC(C)CNC(=O)[C@@]1(Cc2ccccc2-c2cccs2)CCN(C(=O)c2ccccn2)C1. The molecule has 0 unspecified atom stereocenters. The quantitative estimate of drug-likeness (QED) is 0.573. The van der Waals surface area contributed by atoms with Crippen LogP contribution in [0.1, 0.15) is 36.3 Å². The monoisotopic (exact) mass is 447 g/mol. The Morgan fingerprint density at radius 2 is 1.94 bits per heavy atom. The van der Waals surface area contributed by atoms with E-state index in [1.807, 2.05) is 24.3 Å². The molecule has 0 aliphatic carbocycles. The molecule has 32 heavy (non-hydrogen) atoms. The van der Waals surface area contributed by atoms with Crippen molar-refractivity contribution in [2.24, 2.45) is 11.3 Å². The number of nitrogens with zero attached hydrogens (tertiary/aromatic N) is 2. The predicted molar refractivity (Wildman–Crippen MR) is 128 cm³/mol. The van der Waals surface area contributed by atoms with E-state index in [4.69, 9.17) is 0 Å². The zero-order chi connectivity index (χ0) is 22.6. The number of carbonyl (C=O) groups excluding carboxylic acids is 2. The third-order valence-corrected chi connectivity index (χ3v) is 6.91. The van der Waals surface area contributed by atoms with Crippen LogP contribution in [-0.2, 0) is 11.2 Å². The second-order valence-corrected chi connectivity index (χ2v) is 9.83. The van der Waals surface area contributed by atoms with Gasteiger partial charge < -0.3 is 10.2 Å². The van der Waals surface area contributed by atoms with E-state index in [2.05, 4.69) is 47.7 Å². The van der Waals surface area contributed by atoms with E-state index in [9.17, 15) is 9.59 Å². The van der Waals surface area contributed by atoms with E-state index < -0.39 is 5.41 Å². The molecule has 1 saturated heterocycles. The number of amides is 2. The molecule has 2 aromatic heterocycles. The van der Waals surface area contributed by atoms with Gasteiger partial charge in [-0.25, -0.2) is 0 Å². The molecule has 1 aliphatic heterocycles. The summed E-state index contributed by atoms with van der Waals surface area (Å²) in [5, 5.41) is 5.22. The molecule has 5 nitrogen and oxygen atoms in total. The minimum absolute atomic E-state index is 0.0310. The van der Waals surface area contributed by atoms with Crippen LogP contribution in [0.5, 0.6) is 0 Å². The third-order valence-electron chi connectivity index (χ3n) is 6.01. The summed E-state index contributed by atoms with van der Waals surface area (Å²) in [5.41, 5.74) is 2.06. The zero-order valence-corrected chi connectivity index (χ0v) is 19.4. The summed E-state index contributed by atoms with van der Waals surface area (Å²) in [6.07, 6.45) is 2.86. The summed E-state index contributed by atoms with van der Waals surface area (Å²) in [7, 11) is 0. The minimum Gasteiger partial charge on any atom is -0.355 e. The number of likely N-dealkylation sites (tertiary alicyclic amines) is 1. The highest BCUT2D eigenvalue weighted by Gasteiger charge is 2.46. The van der Waals surface area contributed by atoms with Gasteiger partial charge in [-0.05, 0) is 53.5 Å². The summed E-state index contributed by atoms with van der Waals surface area (Å²) in [6, 6.07) is 17.8. The molecule has 0 bridgehead atoms. The first-order valence-corrected chi connectivity index (χ1v) is 12.0. The molecule has 3 aromatic rings. The molecule has 1 atom stereocenters. The lowest BCUT2D eigenvalue weighted by Crippen LogP contribution is -2.46. The van der Waals surface area contributed by atoms with Crippen molar-refractivity contribution >= 4 is 23.2 Å². The van der Waals surface area contributed by atoms with Gasteiger partial charge in [-0.15, -0.1) is 11.3 Å². The van der Waals surface area contributed by atoms with Gasteiger partial charge in [-0.3, -0.25) is 14.6 Å². The van der Waals surface area contributed by atoms with E-state index in [0.717, 1.165) is 11.1 Å².